The molecule has 8 nitrogen and oxygen atoms in total. The van der Waals surface area contributed by atoms with Gasteiger partial charge in [0.05, 0.1) is 11.5 Å². The monoisotopic (exact) mass is 525 g/mol. The van der Waals surface area contributed by atoms with Crippen LogP contribution in [0.3, 0.4) is 0 Å². The molecule has 0 aliphatic carbocycles. The molecule has 1 N–H and O–H groups in total. The van der Waals surface area contributed by atoms with Crippen LogP contribution in [0, 0.1) is 0 Å². The smallest absolute Gasteiger partial charge is 0.257 e. The van der Waals surface area contributed by atoms with Crippen molar-refractivity contribution < 1.29 is 22.4 Å². The minimum Gasteiger partial charge on any atom is -0.490 e. The molecule has 0 bridgehead atoms. The van der Waals surface area contributed by atoms with E-state index in [9.17, 15) is 13.2 Å². The Labute approximate surface area is 214 Å². The van der Waals surface area contributed by atoms with Gasteiger partial charge in [0, 0.05) is 28.9 Å². The predicted octanol–water partition coefficient (Wildman–Crippen LogP) is 5.77. The molecule has 1 fully saturated rings. The van der Waals surface area contributed by atoms with Gasteiger partial charge in [-0.25, -0.2) is 13.4 Å². The van der Waals surface area contributed by atoms with Crippen molar-refractivity contribution in [1.29, 1.82) is 0 Å². The topological polar surface area (TPSA) is 102 Å². The standard InChI is InChI=1S/C26H27N3O5S2/c1-3-33-22-9-6-8-19-15-23(34-24(19)22)21-16-35-26(27-21)28-25(30)18-10-12-20(13-11-18)36(31,32)29-14-5-4-7-17(29)2/h6,8-13,15-17H,3-5,7,14H2,1-2H3,(H,27,28,30)/t17-/m1/s1. The van der Waals surface area contributed by atoms with E-state index in [1.54, 1.807) is 4.31 Å². The lowest BCUT2D eigenvalue weighted by Crippen LogP contribution is -2.41. The second-order valence-corrected chi connectivity index (χ2v) is 11.4. The number of hydrogen-bond acceptors (Lipinski definition) is 7. The molecule has 5 rings (SSSR count). The number of thiazole rings is 1. The first kappa shape index (κ1) is 24.5. The second-order valence-electron chi connectivity index (χ2n) is 8.70. The van der Waals surface area contributed by atoms with E-state index in [1.165, 1.54) is 35.6 Å². The van der Waals surface area contributed by atoms with E-state index in [0.29, 0.717) is 46.6 Å². The Bertz CT molecular complexity index is 1490. The third-order valence-electron chi connectivity index (χ3n) is 6.25. The van der Waals surface area contributed by atoms with E-state index in [4.69, 9.17) is 9.15 Å². The van der Waals surface area contributed by atoms with Crippen LogP contribution in [-0.4, -0.2) is 42.8 Å². The van der Waals surface area contributed by atoms with Crippen LogP contribution in [-0.2, 0) is 10.0 Å². The summed E-state index contributed by atoms with van der Waals surface area (Å²) in [6, 6.07) is 13.6. The van der Waals surface area contributed by atoms with Crippen LogP contribution in [0.1, 0.15) is 43.5 Å². The van der Waals surface area contributed by atoms with Crippen molar-refractivity contribution in [3.05, 3.63) is 59.5 Å². The fourth-order valence-electron chi connectivity index (χ4n) is 4.39. The molecule has 0 spiro atoms. The maximum Gasteiger partial charge on any atom is 0.257 e. The van der Waals surface area contributed by atoms with Crippen molar-refractivity contribution >= 4 is 43.4 Å². The van der Waals surface area contributed by atoms with Crippen molar-refractivity contribution in [2.24, 2.45) is 0 Å². The molecule has 1 amide bonds. The quantitative estimate of drug-likeness (QED) is 0.329. The number of anilines is 1. The van der Waals surface area contributed by atoms with Crippen molar-refractivity contribution in [3.8, 4) is 17.2 Å². The number of hydrogen-bond donors (Lipinski definition) is 1. The highest BCUT2D eigenvalue weighted by molar-refractivity contribution is 7.89. The number of para-hydroxylation sites is 1. The van der Waals surface area contributed by atoms with Crippen molar-refractivity contribution in [3.63, 3.8) is 0 Å². The number of ether oxygens (including phenoxy) is 1. The van der Waals surface area contributed by atoms with E-state index in [1.807, 2.05) is 43.5 Å². The van der Waals surface area contributed by atoms with E-state index in [2.05, 4.69) is 10.3 Å². The molecule has 188 valence electrons. The third-order valence-corrected chi connectivity index (χ3v) is 9.04. The van der Waals surface area contributed by atoms with Gasteiger partial charge < -0.3 is 9.15 Å². The zero-order valence-electron chi connectivity index (χ0n) is 20.1. The van der Waals surface area contributed by atoms with Gasteiger partial charge in [-0.1, -0.05) is 18.6 Å². The maximum atomic E-state index is 13.0. The molecule has 0 unspecified atom stereocenters. The van der Waals surface area contributed by atoms with Crippen LogP contribution < -0.4 is 10.1 Å². The minimum atomic E-state index is -3.59. The molecule has 3 heterocycles. The second kappa shape index (κ2) is 10.0. The van der Waals surface area contributed by atoms with Gasteiger partial charge in [0.15, 0.2) is 22.2 Å². The van der Waals surface area contributed by atoms with Gasteiger partial charge in [-0.15, -0.1) is 11.3 Å². The lowest BCUT2D eigenvalue weighted by atomic mass is 10.1. The molecule has 4 aromatic rings. The number of furan rings is 1. The van der Waals surface area contributed by atoms with Gasteiger partial charge in [-0.05, 0) is 63.1 Å². The molecule has 2 aromatic carbocycles. The predicted molar refractivity (Wildman–Crippen MR) is 140 cm³/mol. The molecule has 0 saturated carbocycles. The SMILES string of the molecule is CCOc1cccc2cc(-c3csc(NC(=O)c4ccc(S(=O)(=O)N5CCCC[C@H]5C)cc4)n3)oc12. The van der Waals surface area contributed by atoms with Gasteiger partial charge in [0.25, 0.3) is 5.91 Å². The summed E-state index contributed by atoms with van der Waals surface area (Å²) in [4.78, 5) is 17.5. The number of piperidine rings is 1. The largest absolute Gasteiger partial charge is 0.490 e. The van der Waals surface area contributed by atoms with Crippen LogP contribution in [0.25, 0.3) is 22.4 Å². The van der Waals surface area contributed by atoms with E-state index < -0.39 is 10.0 Å². The first-order chi connectivity index (χ1) is 17.4. The van der Waals surface area contributed by atoms with Gasteiger partial charge in [0.2, 0.25) is 10.0 Å². The Morgan fingerprint density at radius 1 is 1.22 bits per heavy atom. The normalized spacial score (nSPS) is 16.8. The highest BCUT2D eigenvalue weighted by Crippen LogP contribution is 2.34. The summed E-state index contributed by atoms with van der Waals surface area (Å²) >= 11 is 1.28. The van der Waals surface area contributed by atoms with Crippen LogP contribution >= 0.6 is 11.3 Å². The number of benzene rings is 2. The summed E-state index contributed by atoms with van der Waals surface area (Å²) in [5, 5.41) is 5.92. The van der Waals surface area contributed by atoms with Crippen molar-refractivity contribution in [2.45, 2.75) is 44.0 Å². The number of carbonyl (C=O) groups is 1. The number of carbonyl (C=O) groups excluding carboxylic acids is 1. The average Bonchev–Trinajstić information content (AvgIpc) is 3.52. The van der Waals surface area contributed by atoms with Gasteiger partial charge >= 0.3 is 0 Å². The number of fused-ring (bicyclic) bond motifs is 1. The number of sulfonamides is 1. The fourth-order valence-corrected chi connectivity index (χ4v) is 6.78. The Morgan fingerprint density at radius 2 is 2.03 bits per heavy atom. The number of nitrogens with zero attached hydrogens (tertiary/aromatic N) is 2. The molecule has 2 aromatic heterocycles. The summed E-state index contributed by atoms with van der Waals surface area (Å²) in [6.45, 7) is 4.91. The highest BCUT2D eigenvalue weighted by Gasteiger charge is 2.31. The zero-order chi connectivity index (χ0) is 25.3. The average molecular weight is 526 g/mol. The number of amides is 1. The van der Waals surface area contributed by atoms with Gasteiger partial charge in [0.1, 0.15) is 5.69 Å². The molecular formula is C26H27N3O5S2. The van der Waals surface area contributed by atoms with Crippen LogP contribution in [0.5, 0.6) is 5.75 Å². The lowest BCUT2D eigenvalue weighted by Gasteiger charge is -2.32. The van der Waals surface area contributed by atoms with Crippen LogP contribution in [0.2, 0.25) is 0 Å². The van der Waals surface area contributed by atoms with Crippen LogP contribution in [0.15, 0.2) is 63.2 Å². The molecule has 1 atom stereocenters. The Kier molecular flexibility index (Phi) is 6.83. The summed E-state index contributed by atoms with van der Waals surface area (Å²) in [5.74, 6) is 0.884. The van der Waals surface area contributed by atoms with Gasteiger partial charge in [-0.2, -0.15) is 4.31 Å². The summed E-state index contributed by atoms with van der Waals surface area (Å²) < 4.78 is 39.2. The Morgan fingerprint density at radius 3 is 2.78 bits per heavy atom. The first-order valence-corrected chi connectivity index (χ1v) is 14.2. The lowest BCUT2D eigenvalue weighted by molar-refractivity contribution is 0.102. The Balaban J connectivity index is 1.30. The fraction of sp³-hybridized carbons (Fsp3) is 0.308. The van der Waals surface area contributed by atoms with E-state index in [-0.39, 0.29) is 16.8 Å². The van der Waals surface area contributed by atoms with E-state index in [0.717, 1.165) is 24.6 Å². The molecular weight excluding hydrogens is 498 g/mol. The molecule has 1 aliphatic heterocycles. The first-order valence-electron chi connectivity index (χ1n) is 11.9. The molecule has 36 heavy (non-hydrogen) atoms. The molecule has 10 heteroatoms. The number of aromatic nitrogens is 1. The van der Waals surface area contributed by atoms with E-state index >= 15 is 0 Å². The molecule has 1 saturated heterocycles. The summed E-state index contributed by atoms with van der Waals surface area (Å²) in [7, 11) is -3.59. The number of rotatable bonds is 7. The Hall–Kier alpha value is -3.21. The summed E-state index contributed by atoms with van der Waals surface area (Å²) in [6.07, 6.45) is 2.76. The molecule has 0 radical (unpaired) electrons. The van der Waals surface area contributed by atoms with Crippen LogP contribution in [0.4, 0.5) is 5.13 Å². The maximum absolute atomic E-state index is 13.0. The third kappa shape index (κ3) is 4.76. The zero-order valence-corrected chi connectivity index (χ0v) is 21.7. The minimum absolute atomic E-state index is 0.0247. The number of nitrogens with one attached hydrogen (secondary N) is 1. The summed E-state index contributed by atoms with van der Waals surface area (Å²) in [5.41, 5.74) is 1.61. The highest BCUT2D eigenvalue weighted by atomic mass is 32.2. The van der Waals surface area contributed by atoms with Crippen molar-refractivity contribution in [1.82, 2.24) is 9.29 Å². The van der Waals surface area contributed by atoms with Crippen molar-refractivity contribution in [2.75, 3.05) is 18.5 Å². The molecule has 1 aliphatic rings. The van der Waals surface area contributed by atoms with Gasteiger partial charge in [-0.3, -0.25) is 10.1 Å².